The number of rotatable bonds is 3. The van der Waals surface area contributed by atoms with Gasteiger partial charge in [0.15, 0.2) is 0 Å². The second-order valence-electron chi connectivity index (χ2n) is 3.62. The van der Waals surface area contributed by atoms with Gasteiger partial charge in [0, 0.05) is 5.70 Å². The molecule has 0 aromatic heterocycles. The molecule has 0 spiro atoms. The highest BCUT2D eigenvalue weighted by Gasteiger charge is 2.38. The second kappa shape index (κ2) is 8.55. The predicted molar refractivity (Wildman–Crippen MR) is 67.9 cm³/mol. The summed E-state index contributed by atoms with van der Waals surface area (Å²) in [7, 11) is 0. The number of halogens is 3. The Labute approximate surface area is 106 Å². The Bertz CT molecular complexity index is 348. The van der Waals surface area contributed by atoms with Gasteiger partial charge in [-0.3, -0.25) is 4.79 Å². The van der Waals surface area contributed by atoms with Crippen molar-refractivity contribution in [3.8, 4) is 0 Å². The van der Waals surface area contributed by atoms with E-state index in [1.807, 2.05) is 13.8 Å². The maximum absolute atomic E-state index is 12.0. The third kappa shape index (κ3) is 9.69. The first-order valence-corrected chi connectivity index (χ1v) is 5.53. The molecular weight excluding hydrogens is 243 g/mol. The zero-order chi connectivity index (χ0) is 14.9. The third-order valence-corrected chi connectivity index (χ3v) is 1.36. The number of amides is 1. The van der Waals surface area contributed by atoms with Crippen molar-refractivity contribution in [1.29, 1.82) is 0 Å². The zero-order valence-corrected chi connectivity index (χ0v) is 11.4. The fourth-order valence-electron chi connectivity index (χ4n) is 0.892. The van der Waals surface area contributed by atoms with E-state index in [0.29, 0.717) is 5.57 Å². The number of carbonyl (C=O) groups is 1. The number of hydrogen-bond acceptors (Lipinski definition) is 1. The average Bonchev–Trinajstić information content (AvgIpc) is 2.16. The van der Waals surface area contributed by atoms with Crippen molar-refractivity contribution in [1.82, 2.24) is 5.32 Å². The number of hydrogen-bond donors (Lipinski definition) is 1. The summed E-state index contributed by atoms with van der Waals surface area (Å²) < 4.78 is 36.0. The SMILES string of the molecule is C=C(C)/C=C(\C=C(C)C)NC(=O)C(F)(F)F.CC. The van der Waals surface area contributed by atoms with Gasteiger partial charge in [-0.2, -0.15) is 13.2 Å². The van der Waals surface area contributed by atoms with Gasteiger partial charge >= 0.3 is 12.1 Å². The largest absolute Gasteiger partial charge is 0.471 e. The van der Waals surface area contributed by atoms with Crippen LogP contribution in [0.25, 0.3) is 0 Å². The van der Waals surface area contributed by atoms with E-state index >= 15 is 0 Å². The second-order valence-corrected chi connectivity index (χ2v) is 3.62. The molecule has 0 saturated heterocycles. The van der Waals surface area contributed by atoms with E-state index in [1.54, 1.807) is 26.1 Å². The Morgan fingerprint density at radius 1 is 1.11 bits per heavy atom. The first-order chi connectivity index (χ1) is 8.12. The number of alkyl halides is 3. The van der Waals surface area contributed by atoms with Crippen LogP contribution >= 0.6 is 0 Å². The molecule has 0 rings (SSSR count). The van der Waals surface area contributed by atoms with Gasteiger partial charge in [0.1, 0.15) is 0 Å². The molecule has 0 atom stereocenters. The van der Waals surface area contributed by atoms with E-state index in [2.05, 4.69) is 6.58 Å². The van der Waals surface area contributed by atoms with Gasteiger partial charge in [0.05, 0.1) is 0 Å². The Hall–Kier alpha value is -1.52. The highest BCUT2D eigenvalue weighted by Crippen LogP contribution is 2.15. The lowest BCUT2D eigenvalue weighted by molar-refractivity contribution is -0.172. The molecular formula is C13H20F3NO. The first-order valence-electron chi connectivity index (χ1n) is 5.53. The van der Waals surface area contributed by atoms with Crippen molar-refractivity contribution in [3.05, 3.63) is 35.6 Å². The van der Waals surface area contributed by atoms with Crippen LogP contribution in [0.5, 0.6) is 0 Å². The van der Waals surface area contributed by atoms with E-state index < -0.39 is 12.1 Å². The van der Waals surface area contributed by atoms with Crippen LogP contribution in [0.1, 0.15) is 34.6 Å². The molecule has 2 nitrogen and oxygen atoms in total. The summed E-state index contributed by atoms with van der Waals surface area (Å²) in [6.45, 7) is 12.6. The van der Waals surface area contributed by atoms with Crippen LogP contribution in [0, 0.1) is 0 Å². The molecule has 0 aliphatic carbocycles. The van der Waals surface area contributed by atoms with E-state index in [-0.39, 0.29) is 5.70 Å². The monoisotopic (exact) mass is 263 g/mol. The minimum absolute atomic E-state index is 0.0785. The van der Waals surface area contributed by atoms with Gasteiger partial charge < -0.3 is 5.32 Å². The van der Waals surface area contributed by atoms with Crippen molar-refractivity contribution < 1.29 is 18.0 Å². The lowest BCUT2D eigenvalue weighted by Crippen LogP contribution is -2.35. The average molecular weight is 263 g/mol. The summed E-state index contributed by atoms with van der Waals surface area (Å²) in [4.78, 5) is 10.7. The number of nitrogens with one attached hydrogen (secondary N) is 1. The maximum Gasteiger partial charge on any atom is 0.471 e. The standard InChI is InChI=1S/C11H14F3NO.C2H6/c1-7(2)5-9(6-8(3)4)15-10(16)11(12,13)14;1-2/h5-6H,1H2,2-4H3,(H,15,16);1-2H3/b9-5+;. The van der Waals surface area contributed by atoms with Crippen LogP contribution in [0.15, 0.2) is 35.6 Å². The minimum Gasteiger partial charge on any atom is -0.318 e. The van der Waals surface area contributed by atoms with E-state index in [9.17, 15) is 18.0 Å². The molecule has 0 aliphatic rings. The Morgan fingerprint density at radius 3 is 1.83 bits per heavy atom. The topological polar surface area (TPSA) is 29.1 Å². The van der Waals surface area contributed by atoms with Gasteiger partial charge in [-0.15, -0.1) is 0 Å². The van der Waals surface area contributed by atoms with Crippen molar-refractivity contribution in [2.24, 2.45) is 0 Å². The summed E-state index contributed by atoms with van der Waals surface area (Å²) in [5, 5.41) is 1.78. The normalized spacial score (nSPS) is 11.0. The highest BCUT2D eigenvalue weighted by molar-refractivity contribution is 5.83. The summed E-state index contributed by atoms with van der Waals surface area (Å²) in [5.41, 5.74) is 1.40. The Balaban J connectivity index is 0. The van der Waals surface area contributed by atoms with Gasteiger partial charge in [-0.05, 0) is 32.9 Å². The molecule has 0 radical (unpaired) electrons. The zero-order valence-electron chi connectivity index (χ0n) is 11.4. The highest BCUT2D eigenvalue weighted by atomic mass is 19.4. The molecule has 5 heteroatoms. The van der Waals surface area contributed by atoms with E-state index in [1.165, 1.54) is 12.2 Å². The summed E-state index contributed by atoms with van der Waals surface area (Å²) in [6, 6.07) is 0. The van der Waals surface area contributed by atoms with Crippen molar-refractivity contribution in [2.45, 2.75) is 40.8 Å². The van der Waals surface area contributed by atoms with Crippen molar-refractivity contribution >= 4 is 5.91 Å². The molecule has 104 valence electrons. The molecule has 1 amide bonds. The molecule has 0 bridgehead atoms. The van der Waals surface area contributed by atoms with Crippen molar-refractivity contribution in [2.75, 3.05) is 0 Å². The summed E-state index contributed by atoms with van der Waals surface area (Å²) >= 11 is 0. The quantitative estimate of drug-likeness (QED) is 0.762. The number of carbonyl (C=O) groups excluding carboxylic acids is 1. The smallest absolute Gasteiger partial charge is 0.318 e. The van der Waals surface area contributed by atoms with Crippen LogP contribution in [-0.4, -0.2) is 12.1 Å². The lowest BCUT2D eigenvalue weighted by atomic mass is 10.2. The van der Waals surface area contributed by atoms with E-state index in [0.717, 1.165) is 5.57 Å². The van der Waals surface area contributed by atoms with Crippen LogP contribution < -0.4 is 5.32 Å². The molecule has 0 aromatic rings. The summed E-state index contributed by atoms with van der Waals surface area (Å²) in [5.74, 6) is -1.99. The third-order valence-electron chi connectivity index (χ3n) is 1.36. The van der Waals surface area contributed by atoms with Crippen LogP contribution in [0.4, 0.5) is 13.2 Å². The Kier molecular flexibility index (Phi) is 8.95. The number of allylic oxidation sites excluding steroid dienone is 4. The molecule has 0 fully saturated rings. The molecule has 0 unspecified atom stereocenters. The van der Waals surface area contributed by atoms with Crippen LogP contribution in [0.3, 0.4) is 0 Å². The van der Waals surface area contributed by atoms with Gasteiger partial charge in [0.2, 0.25) is 0 Å². The Morgan fingerprint density at radius 2 is 1.56 bits per heavy atom. The minimum atomic E-state index is -4.89. The summed E-state index contributed by atoms with van der Waals surface area (Å²) in [6.07, 6.45) is -2.07. The fourth-order valence-corrected chi connectivity index (χ4v) is 0.892. The molecule has 0 saturated carbocycles. The molecule has 18 heavy (non-hydrogen) atoms. The van der Waals surface area contributed by atoms with Crippen molar-refractivity contribution in [3.63, 3.8) is 0 Å². The van der Waals surface area contributed by atoms with Crippen LogP contribution in [0.2, 0.25) is 0 Å². The first kappa shape index (κ1) is 18.8. The van der Waals surface area contributed by atoms with Crippen LogP contribution in [-0.2, 0) is 4.79 Å². The maximum atomic E-state index is 12.0. The fraction of sp³-hybridized carbons (Fsp3) is 0.462. The lowest BCUT2D eigenvalue weighted by Gasteiger charge is -2.09. The molecule has 0 heterocycles. The van der Waals surface area contributed by atoms with E-state index in [4.69, 9.17) is 0 Å². The molecule has 0 aromatic carbocycles. The predicted octanol–water partition coefficient (Wildman–Crippen LogP) is 4.12. The van der Waals surface area contributed by atoms with Gasteiger partial charge in [-0.1, -0.05) is 31.6 Å². The van der Waals surface area contributed by atoms with Gasteiger partial charge in [-0.25, -0.2) is 0 Å². The van der Waals surface area contributed by atoms with Gasteiger partial charge in [0.25, 0.3) is 0 Å². The molecule has 0 aliphatic heterocycles. The molecule has 1 N–H and O–H groups in total.